The third-order valence-corrected chi connectivity index (χ3v) is 16.8. The molecule has 0 aliphatic rings. The van der Waals surface area contributed by atoms with Crippen molar-refractivity contribution in [1.82, 2.24) is 49.8 Å². The van der Waals surface area contributed by atoms with Crippen LogP contribution in [0.3, 0.4) is 0 Å². The van der Waals surface area contributed by atoms with Gasteiger partial charge in [-0.2, -0.15) is 0 Å². The maximum absolute atomic E-state index is 5.16. The van der Waals surface area contributed by atoms with E-state index in [-0.39, 0.29) is 0 Å². The van der Waals surface area contributed by atoms with Crippen molar-refractivity contribution < 1.29 is 0 Å². The standard InChI is InChI=1S/C45H29N5.C39H25N5/c1-3-10-30(11-4-1)43-29-44(50-45(49-43)33-12-5-2-6-13-33)37-15-9-14-36(26-37)38-23-21-31-17-19-34(27-41(31)47-38)35-20-18-32-22-24-40(48-42(32)28-35)39-16-7-8-25-46-39;1-2-18-42-36(7-1)37-15-13-27-9-11-29(23-39(27)44-37)28-10-8-26-12-14-35(43-38(26)22-28)34-20-32(30-5-3-16-40-24-30)19-33(21-34)31-6-4-17-41-25-31/h1-29H;1-25H. The molecule has 0 aliphatic carbocycles. The minimum absolute atomic E-state index is 0.695. The second-order valence-electron chi connectivity index (χ2n) is 22.9. The monoisotopic (exact) mass is 1200 g/mol. The molecule has 0 amide bonds. The van der Waals surface area contributed by atoms with Gasteiger partial charge in [0.1, 0.15) is 0 Å². The molecule has 0 radical (unpaired) electrons. The maximum atomic E-state index is 5.16. The summed E-state index contributed by atoms with van der Waals surface area (Å²) in [5.74, 6) is 0.695. The van der Waals surface area contributed by atoms with Gasteiger partial charge in [-0.1, -0.05) is 176 Å². The molecule has 17 rings (SSSR count). The first kappa shape index (κ1) is 56.3. The second kappa shape index (κ2) is 25.2. The van der Waals surface area contributed by atoms with Gasteiger partial charge in [0, 0.05) is 97.7 Å². The van der Waals surface area contributed by atoms with Crippen LogP contribution in [0.2, 0.25) is 0 Å². The van der Waals surface area contributed by atoms with Crippen LogP contribution in [0, 0.1) is 0 Å². The molecular weight excluding hydrogens is 1150 g/mol. The van der Waals surface area contributed by atoms with Gasteiger partial charge in [0.25, 0.3) is 0 Å². The molecule has 440 valence electrons. The van der Waals surface area contributed by atoms with Crippen LogP contribution in [-0.4, -0.2) is 49.8 Å². The smallest absolute Gasteiger partial charge is 0.160 e. The fraction of sp³-hybridized carbons (Fsp3) is 0. The summed E-state index contributed by atoms with van der Waals surface area (Å²) in [7, 11) is 0. The Morgan fingerprint density at radius 2 is 0.532 bits per heavy atom. The van der Waals surface area contributed by atoms with Crippen LogP contribution < -0.4 is 0 Å². The molecule has 0 spiro atoms. The van der Waals surface area contributed by atoms with Gasteiger partial charge in [0.2, 0.25) is 0 Å². The number of benzene rings is 8. The van der Waals surface area contributed by atoms with E-state index in [0.29, 0.717) is 5.82 Å². The van der Waals surface area contributed by atoms with E-state index in [2.05, 4.69) is 202 Å². The second-order valence-corrected chi connectivity index (χ2v) is 22.9. The van der Waals surface area contributed by atoms with Crippen LogP contribution in [0.1, 0.15) is 0 Å². The topological polar surface area (TPSA) is 129 Å². The molecule has 0 aliphatic heterocycles. The number of hydrogen-bond acceptors (Lipinski definition) is 10. The lowest BCUT2D eigenvalue weighted by Gasteiger charge is -2.11. The largest absolute Gasteiger partial charge is 0.264 e. The fourth-order valence-corrected chi connectivity index (χ4v) is 11.9. The molecule has 9 aromatic heterocycles. The number of aromatic nitrogens is 10. The first-order valence-electron chi connectivity index (χ1n) is 31.0. The first-order chi connectivity index (χ1) is 46.5. The molecule has 0 atom stereocenters. The van der Waals surface area contributed by atoms with Gasteiger partial charge < -0.3 is 0 Å². The van der Waals surface area contributed by atoms with Gasteiger partial charge in [0.15, 0.2) is 5.82 Å². The van der Waals surface area contributed by atoms with Gasteiger partial charge >= 0.3 is 0 Å². The van der Waals surface area contributed by atoms with Crippen molar-refractivity contribution in [3.63, 3.8) is 0 Å². The molecule has 10 heteroatoms. The molecular formula is C84H54N10. The normalized spacial score (nSPS) is 11.2. The lowest BCUT2D eigenvalue weighted by atomic mass is 9.96. The van der Waals surface area contributed by atoms with Crippen LogP contribution >= 0.6 is 0 Å². The van der Waals surface area contributed by atoms with E-state index in [0.717, 1.165) is 161 Å². The summed E-state index contributed by atoms with van der Waals surface area (Å²) >= 11 is 0. The lowest BCUT2D eigenvalue weighted by Crippen LogP contribution is -1.96. The zero-order valence-corrected chi connectivity index (χ0v) is 50.6. The van der Waals surface area contributed by atoms with Gasteiger partial charge in [-0.05, 0) is 149 Å². The highest BCUT2D eigenvalue weighted by molar-refractivity contribution is 5.93. The number of hydrogen-bond donors (Lipinski definition) is 0. The van der Waals surface area contributed by atoms with Crippen LogP contribution in [-0.2, 0) is 0 Å². The van der Waals surface area contributed by atoms with E-state index in [9.17, 15) is 0 Å². The van der Waals surface area contributed by atoms with Crippen molar-refractivity contribution in [2.45, 2.75) is 0 Å². The van der Waals surface area contributed by atoms with Gasteiger partial charge in [-0.25, -0.2) is 29.9 Å². The molecule has 9 heterocycles. The molecule has 0 saturated heterocycles. The highest BCUT2D eigenvalue weighted by Crippen LogP contribution is 2.36. The Bertz CT molecular complexity index is 5490. The molecule has 0 bridgehead atoms. The molecule has 0 unspecified atom stereocenters. The van der Waals surface area contributed by atoms with Crippen molar-refractivity contribution in [2.24, 2.45) is 0 Å². The van der Waals surface area contributed by atoms with E-state index >= 15 is 0 Å². The SMILES string of the molecule is c1ccc(-c2cc(-c3cccc(-c4ccc5ccc(-c6ccc7ccc(-c8ccccn8)nc7c6)cc5n4)c3)nc(-c3ccccc3)n2)cc1.c1ccc(-c2ccc3ccc(-c4ccc5ccc(-c6cc(-c7cccnc7)cc(-c7cccnc7)c6)nc5c4)cc3n2)nc1. The number of nitrogens with zero attached hydrogens (tertiary/aromatic N) is 10. The summed E-state index contributed by atoms with van der Waals surface area (Å²) in [6, 6.07) is 99.7. The number of pyridine rings is 8. The van der Waals surface area contributed by atoms with E-state index in [4.69, 9.17) is 29.9 Å². The predicted molar refractivity (Wildman–Crippen MR) is 381 cm³/mol. The Morgan fingerprint density at radius 3 is 0.979 bits per heavy atom. The van der Waals surface area contributed by atoms with Gasteiger partial charge in [-0.3, -0.25) is 19.9 Å². The van der Waals surface area contributed by atoms with Crippen molar-refractivity contribution in [3.8, 4) is 124 Å². The Hall–Kier alpha value is -12.9. The minimum atomic E-state index is 0.695. The number of fused-ring (bicyclic) bond motifs is 4. The van der Waals surface area contributed by atoms with Gasteiger partial charge in [-0.15, -0.1) is 0 Å². The predicted octanol–water partition coefficient (Wildman–Crippen LogP) is 20.3. The van der Waals surface area contributed by atoms with Crippen LogP contribution in [0.15, 0.2) is 328 Å². The average Bonchev–Trinajstić information content (AvgIpc) is 0.866. The summed E-state index contributed by atoms with van der Waals surface area (Å²) in [5.41, 5.74) is 24.4. The quantitative estimate of drug-likeness (QED) is 0.123. The van der Waals surface area contributed by atoms with Crippen molar-refractivity contribution >= 4 is 43.6 Å². The van der Waals surface area contributed by atoms with Crippen LogP contribution in [0.5, 0.6) is 0 Å². The zero-order valence-electron chi connectivity index (χ0n) is 50.6. The maximum Gasteiger partial charge on any atom is 0.160 e. The molecule has 10 nitrogen and oxygen atoms in total. The molecule has 0 saturated carbocycles. The summed E-state index contributed by atoms with van der Waals surface area (Å²) < 4.78 is 0. The highest BCUT2D eigenvalue weighted by atomic mass is 14.9. The fourth-order valence-electron chi connectivity index (χ4n) is 11.9. The van der Waals surface area contributed by atoms with E-state index in [1.165, 1.54) is 0 Å². The van der Waals surface area contributed by atoms with Crippen LogP contribution in [0.25, 0.3) is 167 Å². The molecule has 0 fully saturated rings. The molecule has 94 heavy (non-hydrogen) atoms. The highest BCUT2D eigenvalue weighted by Gasteiger charge is 2.15. The van der Waals surface area contributed by atoms with E-state index < -0.39 is 0 Å². The summed E-state index contributed by atoms with van der Waals surface area (Å²) in [6.45, 7) is 0. The first-order valence-corrected chi connectivity index (χ1v) is 31.0. The van der Waals surface area contributed by atoms with E-state index in [1.54, 1.807) is 24.8 Å². The Kier molecular flexibility index (Phi) is 15.1. The van der Waals surface area contributed by atoms with Crippen molar-refractivity contribution in [1.29, 1.82) is 0 Å². The lowest BCUT2D eigenvalue weighted by molar-refractivity contribution is 1.18. The summed E-state index contributed by atoms with van der Waals surface area (Å²) in [5, 5.41) is 4.35. The third-order valence-electron chi connectivity index (χ3n) is 16.8. The summed E-state index contributed by atoms with van der Waals surface area (Å²) in [4.78, 5) is 47.8. The zero-order chi connectivity index (χ0) is 62.6. The Labute approximate surface area is 542 Å². The minimum Gasteiger partial charge on any atom is -0.264 e. The third kappa shape index (κ3) is 11.9. The number of rotatable bonds is 11. The van der Waals surface area contributed by atoms with Crippen molar-refractivity contribution in [3.05, 3.63) is 328 Å². The average molecular weight is 1200 g/mol. The molecule has 17 aromatic rings. The summed E-state index contributed by atoms with van der Waals surface area (Å²) in [6.07, 6.45) is 11.0. The van der Waals surface area contributed by atoms with E-state index in [1.807, 2.05) is 122 Å². The van der Waals surface area contributed by atoms with Gasteiger partial charge in [0.05, 0.1) is 67.6 Å². The Morgan fingerprint density at radius 1 is 0.170 bits per heavy atom. The molecule has 0 N–H and O–H groups in total. The Balaban J connectivity index is 0.000000150. The van der Waals surface area contributed by atoms with Crippen molar-refractivity contribution in [2.75, 3.05) is 0 Å². The van der Waals surface area contributed by atoms with Crippen LogP contribution in [0.4, 0.5) is 0 Å². The molecule has 8 aromatic carbocycles.